The zero-order valence-electron chi connectivity index (χ0n) is 8.01. The lowest BCUT2D eigenvalue weighted by atomic mass is 9.73. The number of nitrogens with two attached hydrogens (primary N) is 1. The van der Waals surface area contributed by atoms with Crippen LogP contribution in [0.2, 0.25) is 0 Å². The Morgan fingerprint density at radius 2 is 2.25 bits per heavy atom. The Morgan fingerprint density at radius 1 is 1.58 bits per heavy atom. The zero-order chi connectivity index (χ0) is 9.19. The van der Waals surface area contributed by atoms with Crippen molar-refractivity contribution >= 4 is 0 Å². The summed E-state index contributed by atoms with van der Waals surface area (Å²) in [6, 6.07) is 2.24. The fourth-order valence-corrected chi connectivity index (χ4v) is 2.02. The largest absolute Gasteiger partial charge is 0.313 e. The molecule has 1 saturated carbocycles. The van der Waals surface area contributed by atoms with E-state index in [4.69, 9.17) is 11.0 Å². The van der Waals surface area contributed by atoms with Crippen LogP contribution in [0, 0.1) is 23.2 Å². The van der Waals surface area contributed by atoms with Gasteiger partial charge in [-0.3, -0.25) is 0 Å². The molecule has 0 heterocycles. The Balaban J connectivity index is 2.58. The Kier molecular flexibility index (Phi) is 2.74. The van der Waals surface area contributed by atoms with E-state index in [-0.39, 0.29) is 0 Å². The van der Waals surface area contributed by atoms with E-state index in [2.05, 4.69) is 19.9 Å². The van der Waals surface area contributed by atoms with Gasteiger partial charge in [0.1, 0.15) is 5.54 Å². The van der Waals surface area contributed by atoms with Gasteiger partial charge in [0, 0.05) is 0 Å². The minimum absolute atomic E-state index is 0.521. The van der Waals surface area contributed by atoms with Gasteiger partial charge in [-0.2, -0.15) is 5.26 Å². The monoisotopic (exact) mass is 166 g/mol. The van der Waals surface area contributed by atoms with Gasteiger partial charge in [0.15, 0.2) is 0 Å². The van der Waals surface area contributed by atoms with Gasteiger partial charge >= 0.3 is 0 Å². The highest BCUT2D eigenvalue weighted by Crippen LogP contribution is 2.34. The Labute approximate surface area is 74.8 Å². The standard InChI is InChI=1S/C10H18N2/c1-8(2)9-4-3-5-10(12,6-9)7-11/h8-9H,3-6,12H2,1-2H3. The zero-order valence-corrected chi connectivity index (χ0v) is 8.01. The summed E-state index contributed by atoms with van der Waals surface area (Å²) in [5, 5.41) is 8.87. The highest BCUT2D eigenvalue weighted by atomic mass is 14.7. The topological polar surface area (TPSA) is 49.8 Å². The van der Waals surface area contributed by atoms with Gasteiger partial charge in [0.05, 0.1) is 6.07 Å². The van der Waals surface area contributed by atoms with Crippen molar-refractivity contribution in [3.05, 3.63) is 0 Å². The van der Waals surface area contributed by atoms with Crippen molar-refractivity contribution in [1.29, 1.82) is 5.26 Å². The van der Waals surface area contributed by atoms with E-state index in [1.807, 2.05) is 0 Å². The summed E-state index contributed by atoms with van der Waals surface area (Å²) in [6.07, 6.45) is 4.14. The summed E-state index contributed by atoms with van der Waals surface area (Å²) in [5.74, 6) is 1.32. The molecule has 2 atom stereocenters. The first-order valence-electron chi connectivity index (χ1n) is 4.77. The normalized spacial score (nSPS) is 36.4. The van der Waals surface area contributed by atoms with Crippen LogP contribution in [0.25, 0.3) is 0 Å². The smallest absolute Gasteiger partial charge is 0.104 e. The van der Waals surface area contributed by atoms with Crippen molar-refractivity contribution in [3.8, 4) is 6.07 Å². The lowest BCUT2D eigenvalue weighted by molar-refractivity contribution is 0.220. The highest BCUT2D eigenvalue weighted by molar-refractivity contribution is 5.07. The molecule has 0 bridgehead atoms. The third kappa shape index (κ3) is 1.98. The SMILES string of the molecule is CC(C)C1CCCC(N)(C#N)C1. The summed E-state index contributed by atoms with van der Waals surface area (Å²) >= 11 is 0. The van der Waals surface area contributed by atoms with Gasteiger partial charge < -0.3 is 5.73 Å². The van der Waals surface area contributed by atoms with Gasteiger partial charge in [-0.05, 0) is 31.1 Å². The first-order valence-corrected chi connectivity index (χ1v) is 4.77. The van der Waals surface area contributed by atoms with Gasteiger partial charge in [-0.15, -0.1) is 0 Å². The number of rotatable bonds is 1. The van der Waals surface area contributed by atoms with Crippen molar-refractivity contribution < 1.29 is 0 Å². The third-order valence-electron chi connectivity index (χ3n) is 2.99. The van der Waals surface area contributed by atoms with Crippen LogP contribution in [0.1, 0.15) is 39.5 Å². The van der Waals surface area contributed by atoms with E-state index in [0.717, 1.165) is 19.3 Å². The summed E-state index contributed by atoms with van der Waals surface area (Å²) in [6.45, 7) is 4.43. The van der Waals surface area contributed by atoms with E-state index in [0.29, 0.717) is 11.8 Å². The van der Waals surface area contributed by atoms with Crippen LogP contribution in [0.4, 0.5) is 0 Å². The molecule has 0 spiro atoms. The van der Waals surface area contributed by atoms with E-state index >= 15 is 0 Å². The quantitative estimate of drug-likeness (QED) is 0.648. The Morgan fingerprint density at radius 3 is 2.75 bits per heavy atom. The second-order valence-electron chi connectivity index (χ2n) is 4.37. The maximum atomic E-state index is 8.87. The average molecular weight is 166 g/mol. The van der Waals surface area contributed by atoms with Gasteiger partial charge in [0.2, 0.25) is 0 Å². The molecule has 0 aliphatic heterocycles. The van der Waals surface area contributed by atoms with E-state index in [1.54, 1.807) is 0 Å². The summed E-state index contributed by atoms with van der Waals surface area (Å²) in [5.41, 5.74) is 5.40. The third-order valence-corrected chi connectivity index (χ3v) is 2.99. The number of hydrogen-bond donors (Lipinski definition) is 1. The highest BCUT2D eigenvalue weighted by Gasteiger charge is 2.33. The van der Waals surface area contributed by atoms with Crippen LogP contribution in [0.15, 0.2) is 0 Å². The predicted octanol–water partition coefficient (Wildman–Crippen LogP) is 2.05. The minimum atomic E-state index is -0.521. The molecular weight excluding hydrogens is 148 g/mol. The maximum absolute atomic E-state index is 8.87. The van der Waals surface area contributed by atoms with Crippen molar-refractivity contribution in [2.45, 2.75) is 45.1 Å². The van der Waals surface area contributed by atoms with E-state index in [1.165, 1.54) is 6.42 Å². The molecule has 1 fully saturated rings. The molecule has 0 aromatic rings. The molecule has 68 valence electrons. The van der Waals surface area contributed by atoms with E-state index < -0.39 is 5.54 Å². The molecule has 2 heteroatoms. The lowest BCUT2D eigenvalue weighted by Gasteiger charge is -2.34. The second-order valence-corrected chi connectivity index (χ2v) is 4.37. The van der Waals surface area contributed by atoms with Crippen molar-refractivity contribution in [2.24, 2.45) is 17.6 Å². The molecule has 0 saturated heterocycles. The second kappa shape index (κ2) is 3.45. The predicted molar refractivity (Wildman–Crippen MR) is 49.3 cm³/mol. The molecule has 1 aliphatic rings. The molecule has 0 aromatic heterocycles. The molecule has 0 aromatic carbocycles. The van der Waals surface area contributed by atoms with Crippen LogP contribution in [-0.2, 0) is 0 Å². The lowest BCUT2D eigenvalue weighted by Crippen LogP contribution is -2.43. The first-order chi connectivity index (χ1) is 5.57. The number of nitriles is 1. The molecule has 0 amide bonds. The van der Waals surface area contributed by atoms with E-state index in [9.17, 15) is 0 Å². The van der Waals surface area contributed by atoms with Crippen LogP contribution < -0.4 is 5.73 Å². The van der Waals surface area contributed by atoms with Crippen LogP contribution >= 0.6 is 0 Å². The average Bonchev–Trinajstić information content (AvgIpc) is 2.05. The maximum Gasteiger partial charge on any atom is 0.104 e. The fraction of sp³-hybridized carbons (Fsp3) is 0.900. The molecule has 12 heavy (non-hydrogen) atoms. The van der Waals surface area contributed by atoms with Gasteiger partial charge in [-0.25, -0.2) is 0 Å². The summed E-state index contributed by atoms with van der Waals surface area (Å²) in [7, 11) is 0. The molecule has 1 rings (SSSR count). The molecule has 2 unspecified atom stereocenters. The summed E-state index contributed by atoms with van der Waals surface area (Å²) < 4.78 is 0. The van der Waals surface area contributed by atoms with Gasteiger partial charge in [0.25, 0.3) is 0 Å². The number of nitrogens with zero attached hydrogens (tertiary/aromatic N) is 1. The van der Waals surface area contributed by atoms with Crippen LogP contribution in [0.3, 0.4) is 0 Å². The van der Waals surface area contributed by atoms with Crippen molar-refractivity contribution in [1.82, 2.24) is 0 Å². The number of hydrogen-bond acceptors (Lipinski definition) is 2. The Bertz CT molecular complexity index is 193. The first kappa shape index (κ1) is 9.54. The molecule has 2 N–H and O–H groups in total. The van der Waals surface area contributed by atoms with Crippen LogP contribution in [-0.4, -0.2) is 5.54 Å². The Hall–Kier alpha value is -0.550. The molecular formula is C10H18N2. The van der Waals surface area contributed by atoms with Gasteiger partial charge in [-0.1, -0.05) is 20.3 Å². The van der Waals surface area contributed by atoms with Crippen molar-refractivity contribution in [2.75, 3.05) is 0 Å². The molecule has 0 radical (unpaired) electrons. The summed E-state index contributed by atoms with van der Waals surface area (Å²) in [4.78, 5) is 0. The van der Waals surface area contributed by atoms with Crippen LogP contribution in [0.5, 0.6) is 0 Å². The minimum Gasteiger partial charge on any atom is -0.313 e. The molecule has 1 aliphatic carbocycles. The van der Waals surface area contributed by atoms with Crippen molar-refractivity contribution in [3.63, 3.8) is 0 Å². The fourth-order valence-electron chi connectivity index (χ4n) is 2.02. The molecule has 2 nitrogen and oxygen atoms in total.